The third kappa shape index (κ3) is 4.86. The van der Waals surface area contributed by atoms with Crippen LogP contribution in [0.1, 0.15) is 20.3 Å². The Labute approximate surface area is 161 Å². The van der Waals surface area contributed by atoms with Crippen molar-refractivity contribution in [2.75, 3.05) is 45.8 Å². The molecule has 0 N–H and O–H groups in total. The Hall–Kier alpha value is -1.51. The van der Waals surface area contributed by atoms with Crippen molar-refractivity contribution < 1.29 is 17.6 Å². The molecule has 2 atom stereocenters. The topological polar surface area (TPSA) is 60.9 Å². The van der Waals surface area contributed by atoms with Crippen molar-refractivity contribution in [2.45, 2.75) is 25.2 Å². The molecule has 1 amide bonds. The summed E-state index contributed by atoms with van der Waals surface area (Å²) in [5.74, 6) is 0.791. The fourth-order valence-corrected chi connectivity index (χ4v) is 5.57. The Bertz CT molecular complexity index is 751. The maximum atomic E-state index is 13.0. The lowest BCUT2D eigenvalue weighted by atomic mass is 9.92. The normalized spacial score (nSPS) is 25.5. The number of hydrogen-bond acceptors (Lipinski definition) is 4. The number of sulfonamides is 1. The second-order valence-corrected chi connectivity index (χ2v) is 9.82. The lowest BCUT2D eigenvalue weighted by Gasteiger charge is -2.38. The number of likely N-dealkylation sites (tertiary alicyclic amines) is 1. The Morgan fingerprint density at radius 3 is 2.15 bits per heavy atom. The molecule has 0 saturated carbocycles. The summed E-state index contributed by atoms with van der Waals surface area (Å²) in [6, 6.07) is 4.85. The summed E-state index contributed by atoms with van der Waals surface area (Å²) < 4.78 is 39.7. The van der Waals surface area contributed by atoms with Crippen LogP contribution >= 0.6 is 0 Å². The van der Waals surface area contributed by atoms with Gasteiger partial charge in [0.05, 0.1) is 11.4 Å². The minimum Gasteiger partial charge on any atom is -0.339 e. The number of halogens is 1. The molecule has 27 heavy (non-hydrogen) atoms. The van der Waals surface area contributed by atoms with Gasteiger partial charge in [-0.1, -0.05) is 13.8 Å². The molecule has 0 aromatic heterocycles. The number of piperidine rings is 1. The van der Waals surface area contributed by atoms with Crippen LogP contribution in [0.15, 0.2) is 29.2 Å². The van der Waals surface area contributed by atoms with E-state index in [1.165, 1.54) is 22.9 Å². The van der Waals surface area contributed by atoms with E-state index >= 15 is 0 Å². The summed E-state index contributed by atoms with van der Waals surface area (Å²) in [7, 11) is -3.65. The molecule has 2 saturated heterocycles. The van der Waals surface area contributed by atoms with Crippen molar-refractivity contribution in [1.29, 1.82) is 0 Å². The highest BCUT2D eigenvalue weighted by Gasteiger charge is 2.31. The smallest absolute Gasteiger partial charge is 0.243 e. The van der Waals surface area contributed by atoms with Crippen molar-refractivity contribution in [3.05, 3.63) is 30.1 Å². The largest absolute Gasteiger partial charge is 0.339 e. The van der Waals surface area contributed by atoms with Crippen LogP contribution < -0.4 is 0 Å². The quantitative estimate of drug-likeness (QED) is 0.775. The van der Waals surface area contributed by atoms with Gasteiger partial charge in [-0.05, 0) is 42.5 Å². The zero-order chi connectivity index (χ0) is 19.6. The summed E-state index contributed by atoms with van der Waals surface area (Å²) >= 11 is 0. The van der Waals surface area contributed by atoms with Crippen molar-refractivity contribution in [1.82, 2.24) is 14.1 Å². The molecule has 8 heteroatoms. The first-order chi connectivity index (χ1) is 12.8. The first-order valence-corrected chi connectivity index (χ1v) is 11.0. The van der Waals surface area contributed by atoms with E-state index in [4.69, 9.17) is 0 Å². The van der Waals surface area contributed by atoms with Gasteiger partial charge in [0.2, 0.25) is 15.9 Å². The predicted octanol–water partition coefficient (Wildman–Crippen LogP) is 1.64. The number of carbonyl (C=O) groups excluding carboxylic acids is 1. The average molecular weight is 398 g/mol. The fraction of sp³-hybridized carbons (Fsp3) is 0.632. The molecule has 0 aliphatic carbocycles. The van der Waals surface area contributed by atoms with Crippen LogP contribution in [0.2, 0.25) is 0 Å². The molecule has 1 aromatic carbocycles. The van der Waals surface area contributed by atoms with Gasteiger partial charge in [0.25, 0.3) is 0 Å². The third-order valence-electron chi connectivity index (χ3n) is 5.35. The van der Waals surface area contributed by atoms with Crippen LogP contribution in [0.25, 0.3) is 0 Å². The third-order valence-corrected chi connectivity index (χ3v) is 7.26. The second-order valence-electron chi connectivity index (χ2n) is 7.88. The molecule has 2 aliphatic rings. The van der Waals surface area contributed by atoms with Gasteiger partial charge in [-0.3, -0.25) is 9.69 Å². The molecule has 2 heterocycles. The summed E-state index contributed by atoms with van der Waals surface area (Å²) in [6.45, 7) is 8.01. The first-order valence-electron chi connectivity index (χ1n) is 9.51. The van der Waals surface area contributed by atoms with Crippen molar-refractivity contribution in [3.63, 3.8) is 0 Å². The molecule has 2 aliphatic heterocycles. The molecule has 0 bridgehead atoms. The van der Waals surface area contributed by atoms with Gasteiger partial charge in [-0.15, -0.1) is 0 Å². The van der Waals surface area contributed by atoms with Crippen LogP contribution in [-0.2, 0) is 14.8 Å². The van der Waals surface area contributed by atoms with E-state index in [0.717, 1.165) is 25.2 Å². The summed E-state index contributed by atoms with van der Waals surface area (Å²) in [5.41, 5.74) is 0. The molecule has 6 nitrogen and oxygen atoms in total. The number of carbonyl (C=O) groups is 1. The molecule has 0 spiro atoms. The molecule has 0 radical (unpaired) electrons. The van der Waals surface area contributed by atoms with E-state index in [-0.39, 0.29) is 23.9 Å². The average Bonchev–Trinajstić information content (AvgIpc) is 2.61. The number of rotatable bonds is 4. The Balaban J connectivity index is 1.55. The van der Waals surface area contributed by atoms with Crippen LogP contribution in [0.3, 0.4) is 0 Å². The van der Waals surface area contributed by atoms with E-state index in [1.807, 2.05) is 0 Å². The van der Waals surface area contributed by atoms with Gasteiger partial charge >= 0.3 is 0 Å². The van der Waals surface area contributed by atoms with E-state index in [0.29, 0.717) is 31.5 Å². The molecule has 3 rings (SSSR count). The Kier molecular flexibility index (Phi) is 6.18. The van der Waals surface area contributed by atoms with Gasteiger partial charge in [-0.2, -0.15) is 4.31 Å². The molecule has 1 aromatic rings. The van der Waals surface area contributed by atoms with Gasteiger partial charge in [0.1, 0.15) is 5.82 Å². The molecule has 2 fully saturated rings. The summed E-state index contributed by atoms with van der Waals surface area (Å²) in [5, 5.41) is 0. The lowest BCUT2D eigenvalue weighted by molar-refractivity contribution is -0.134. The predicted molar refractivity (Wildman–Crippen MR) is 101 cm³/mol. The number of piperazine rings is 1. The van der Waals surface area contributed by atoms with Gasteiger partial charge in [-0.25, -0.2) is 12.8 Å². The van der Waals surface area contributed by atoms with Crippen LogP contribution in [0, 0.1) is 17.7 Å². The number of hydrogen-bond donors (Lipinski definition) is 0. The maximum Gasteiger partial charge on any atom is 0.243 e. The number of nitrogens with zero attached hydrogens (tertiary/aromatic N) is 3. The van der Waals surface area contributed by atoms with E-state index in [1.54, 1.807) is 4.90 Å². The highest BCUT2D eigenvalue weighted by molar-refractivity contribution is 7.89. The number of benzene rings is 1. The van der Waals surface area contributed by atoms with Crippen LogP contribution in [-0.4, -0.2) is 74.2 Å². The van der Waals surface area contributed by atoms with Gasteiger partial charge < -0.3 is 4.90 Å². The number of amides is 1. The Morgan fingerprint density at radius 1 is 1.04 bits per heavy atom. The van der Waals surface area contributed by atoms with Crippen molar-refractivity contribution in [3.8, 4) is 0 Å². The minimum absolute atomic E-state index is 0.0649. The van der Waals surface area contributed by atoms with E-state index in [9.17, 15) is 17.6 Å². The molecule has 150 valence electrons. The highest BCUT2D eigenvalue weighted by Crippen LogP contribution is 2.21. The van der Waals surface area contributed by atoms with Gasteiger partial charge in [0.15, 0.2) is 0 Å². The molecular formula is C19H28FN3O3S. The van der Waals surface area contributed by atoms with Crippen molar-refractivity contribution >= 4 is 15.9 Å². The zero-order valence-corrected chi connectivity index (χ0v) is 16.8. The minimum atomic E-state index is -3.65. The van der Waals surface area contributed by atoms with Crippen LogP contribution in [0.5, 0.6) is 0 Å². The first kappa shape index (κ1) is 20.2. The molecule has 0 unspecified atom stereocenters. The zero-order valence-electron chi connectivity index (χ0n) is 16.0. The summed E-state index contributed by atoms with van der Waals surface area (Å²) in [4.78, 5) is 16.7. The van der Waals surface area contributed by atoms with Crippen molar-refractivity contribution in [2.24, 2.45) is 11.8 Å². The monoisotopic (exact) mass is 397 g/mol. The van der Waals surface area contributed by atoms with E-state index in [2.05, 4.69) is 18.7 Å². The molecular weight excluding hydrogens is 369 g/mol. The fourth-order valence-electron chi connectivity index (χ4n) is 4.15. The Morgan fingerprint density at radius 2 is 1.59 bits per heavy atom. The SMILES string of the molecule is C[C@@H]1C[C@@H](C)CN(CC(=O)N2CCN(S(=O)(=O)c3ccc(F)cc3)CC2)C1. The standard InChI is InChI=1S/C19H28FN3O3S/c1-15-11-16(2)13-21(12-15)14-19(24)22-7-9-23(10-8-22)27(25,26)18-5-3-17(20)4-6-18/h3-6,15-16H,7-14H2,1-2H3/t15-,16-/m1/s1. The summed E-state index contributed by atoms with van der Waals surface area (Å²) in [6.07, 6.45) is 1.20. The van der Waals surface area contributed by atoms with Crippen LogP contribution in [0.4, 0.5) is 4.39 Å². The second kappa shape index (κ2) is 8.24. The lowest BCUT2D eigenvalue weighted by Crippen LogP contribution is -2.53. The highest BCUT2D eigenvalue weighted by atomic mass is 32.2. The maximum absolute atomic E-state index is 13.0. The van der Waals surface area contributed by atoms with Gasteiger partial charge in [0, 0.05) is 39.3 Å². The van der Waals surface area contributed by atoms with E-state index < -0.39 is 15.8 Å².